The number of likely N-dealkylation sites (tertiary alicyclic amines) is 1. The highest BCUT2D eigenvalue weighted by molar-refractivity contribution is 6.31. The van der Waals surface area contributed by atoms with Crippen LogP contribution in [0.1, 0.15) is 44.1 Å². The van der Waals surface area contributed by atoms with Crippen LogP contribution in [0.25, 0.3) is 0 Å². The fourth-order valence-corrected chi connectivity index (χ4v) is 4.00. The number of Topliss-reactive ketones (excluding diaryl/α,β-unsaturated/α-hetero) is 1. The number of rotatable bonds is 3. The third kappa shape index (κ3) is 3.14. The first-order chi connectivity index (χ1) is 10.2. The van der Waals surface area contributed by atoms with Gasteiger partial charge in [0.1, 0.15) is 11.6 Å². The van der Waals surface area contributed by atoms with E-state index in [1.807, 2.05) is 6.07 Å². The predicted octanol–water partition coefficient (Wildman–Crippen LogP) is 4.20. The molecule has 114 valence electrons. The van der Waals surface area contributed by atoms with Gasteiger partial charge in [0.25, 0.3) is 0 Å². The van der Waals surface area contributed by atoms with E-state index < -0.39 is 0 Å². The van der Waals surface area contributed by atoms with Crippen LogP contribution in [0.3, 0.4) is 0 Å². The second-order valence-electron chi connectivity index (χ2n) is 6.21. The standard InChI is InChI=1S/C17H21ClFNO/c18-17-12(5-3-7-14(17)19)11-20-10-4-8-15(20)13-6-1-2-9-16(13)21/h3,5,7,13,15H,1-2,4,6,8-11H2. The molecule has 2 nitrogen and oxygen atoms in total. The topological polar surface area (TPSA) is 20.3 Å². The van der Waals surface area contributed by atoms with Crippen LogP contribution in [0, 0.1) is 11.7 Å². The van der Waals surface area contributed by atoms with E-state index >= 15 is 0 Å². The molecule has 1 aliphatic carbocycles. The Balaban J connectivity index is 1.75. The summed E-state index contributed by atoms with van der Waals surface area (Å²) in [5, 5.41) is 0.220. The van der Waals surface area contributed by atoms with Crippen LogP contribution in [-0.4, -0.2) is 23.3 Å². The van der Waals surface area contributed by atoms with Gasteiger partial charge in [-0.15, -0.1) is 0 Å². The zero-order chi connectivity index (χ0) is 14.8. The average Bonchev–Trinajstić information content (AvgIpc) is 2.92. The summed E-state index contributed by atoms with van der Waals surface area (Å²) in [6.45, 7) is 1.62. The summed E-state index contributed by atoms with van der Waals surface area (Å²) in [4.78, 5) is 14.5. The Morgan fingerprint density at radius 1 is 1.24 bits per heavy atom. The van der Waals surface area contributed by atoms with Gasteiger partial charge in [-0.05, 0) is 43.9 Å². The third-order valence-electron chi connectivity index (χ3n) is 4.89. The lowest BCUT2D eigenvalue weighted by Gasteiger charge is -2.33. The van der Waals surface area contributed by atoms with Crippen molar-refractivity contribution in [1.82, 2.24) is 4.90 Å². The largest absolute Gasteiger partial charge is 0.299 e. The number of ketones is 1. The van der Waals surface area contributed by atoms with Crippen molar-refractivity contribution < 1.29 is 9.18 Å². The molecule has 1 aromatic rings. The Labute approximate surface area is 130 Å². The maximum atomic E-state index is 13.6. The first kappa shape index (κ1) is 15.0. The summed E-state index contributed by atoms with van der Waals surface area (Å²) in [6, 6.07) is 5.28. The normalized spacial score (nSPS) is 27.2. The van der Waals surface area contributed by atoms with Crippen LogP contribution in [0.5, 0.6) is 0 Å². The van der Waals surface area contributed by atoms with Gasteiger partial charge in [0.05, 0.1) is 5.02 Å². The van der Waals surface area contributed by atoms with E-state index in [1.54, 1.807) is 6.07 Å². The van der Waals surface area contributed by atoms with Crippen molar-refractivity contribution in [3.63, 3.8) is 0 Å². The van der Waals surface area contributed by atoms with Gasteiger partial charge in [-0.2, -0.15) is 0 Å². The Bertz CT molecular complexity index is 534. The molecule has 1 saturated carbocycles. The van der Waals surface area contributed by atoms with Gasteiger partial charge >= 0.3 is 0 Å². The SMILES string of the molecule is O=C1CCCCC1C1CCCN1Cc1cccc(F)c1Cl. The van der Waals surface area contributed by atoms with Crippen molar-refractivity contribution in [2.75, 3.05) is 6.54 Å². The molecule has 2 unspecified atom stereocenters. The predicted molar refractivity (Wildman–Crippen MR) is 81.8 cm³/mol. The van der Waals surface area contributed by atoms with E-state index in [0.29, 0.717) is 18.4 Å². The number of halogens is 2. The molecular formula is C17H21ClFNO. The Morgan fingerprint density at radius 2 is 2.10 bits per heavy atom. The first-order valence-corrected chi connectivity index (χ1v) is 8.24. The van der Waals surface area contributed by atoms with E-state index in [-0.39, 0.29) is 16.8 Å². The minimum atomic E-state index is -0.362. The number of carbonyl (C=O) groups excluding carboxylic acids is 1. The van der Waals surface area contributed by atoms with Crippen molar-refractivity contribution >= 4 is 17.4 Å². The summed E-state index contributed by atoms with van der Waals surface area (Å²) in [5.74, 6) is 0.232. The number of hydrogen-bond donors (Lipinski definition) is 0. The van der Waals surface area contributed by atoms with E-state index in [1.165, 1.54) is 6.07 Å². The van der Waals surface area contributed by atoms with E-state index in [9.17, 15) is 9.18 Å². The van der Waals surface area contributed by atoms with E-state index in [4.69, 9.17) is 11.6 Å². The molecule has 3 rings (SSSR count). The van der Waals surface area contributed by atoms with Crippen LogP contribution >= 0.6 is 11.6 Å². The fourth-order valence-electron chi connectivity index (χ4n) is 3.81. The molecule has 2 atom stereocenters. The molecule has 2 aliphatic rings. The minimum absolute atomic E-state index is 0.175. The average molecular weight is 310 g/mol. The van der Waals surface area contributed by atoms with Crippen molar-refractivity contribution in [2.45, 2.75) is 51.1 Å². The summed E-state index contributed by atoms with van der Waals surface area (Å²) >= 11 is 6.07. The molecule has 1 heterocycles. The lowest BCUT2D eigenvalue weighted by atomic mass is 9.82. The van der Waals surface area contributed by atoms with Gasteiger partial charge in [0, 0.05) is 24.9 Å². The molecule has 0 N–H and O–H groups in total. The highest BCUT2D eigenvalue weighted by atomic mass is 35.5. The quantitative estimate of drug-likeness (QED) is 0.834. The lowest BCUT2D eigenvalue weighted by molar-refractivity contribution is -0.126. The summed E-state index contributed by atoms with van der Waals surface area (Å²) in [5.41, 5.74) is 0.826. The van der Waals surface area contributed by atoms with Gasteiger partial charge in [0.15, 0.2) is 0 Å². The maximum absolute atomic E-state index is 13.6. The van der Waals surface area contributed by atoms with Gasteiger partial charge in [-0.25, -0.2) is 4.39 Å². The molecule has 0 amide bonds. The Kier molecular flexibility index (Phi) is 4.60. The lowest BCUT2D eigenvalue weighted by Crippen LogP contribution is -2.40. The zero-order valence-corrected chi connectivity index (χ0v) is 12.9. The van der Waals surface area contributed by atoms with Crippen molar-refractivity contribution in [3.05, 3.63) is 34.6 Å². The molecule has 1 aromatic carbocycles. The summed E-state index contributed by atoms with van der Waals surface area (Å²) in [6.07, 6.45) is 6.12. The molecule has 0 spiro atoms. The number of benzene rings is 1. The summed E-state index contributed by atoms with van der Waals surface area (Å²) in [7, 11) is 0. The molecule has 1 aliphatic heterocycles. The second-order valence-corrected chi connectivity index (χ2v) is 6.59. The summed E-state index contributed by atoms with van der Waals surface area (Å²) < 4.78 is 13.6. The molecule has 0 bridgehead atoms. The molecule has 1 saturated heterocycles. The number of carbonyl (C=O) groups is 1. The minimum Gasteiger partial charge on any atom is -0.299 e. The fraction of sp³-hybridized carbons (Fsp3) is 0.588. The van der Waals surface area contributed by atoms with Crippen LogP contribution in [-0.2, 0) is 11.3 Å². The van der Waals surface area contributed by atoms with Crippen molar-refractivity contribution in [3.8, 4) is 0 Å². The van der Waals surface area contributed by atoms with Gasteiger partial charge in [-0.1, -0.05) is 30.2 Å². The number of hydrogen-bond acceptors (Lipinski definition) is 2. The third-order valence-corrected chi connectivity index (χ3v) is 5.31. The van der Waals surface area contributed by atoms with Gasteiger partial charge < -0.3 is 0 Å². The van der Waals surface area contributed by atoms with Gasteiger partial charge in [-0.3, -0.25) is 9.69 Å². The smallest absolute Gasteiger partial charge is 0.142 e. The molecule has 2 fully saturated rings. The molecule has 21 heavy (non-hydrogen) atoms. The van der Waals surface area contributed by atoms with Crippen molar-refractivity contribution in [1.29, 1.82) is 0 Å². The first-order valence-electron chi connectivity index (χ1n) is 7.86. The van der Waals surface area contributed by atoms with Crippen LogP contribution in [0.15, 0.2) is 18.2 Å². The van der Waals surface area contributed by atoms with Crippen molar-refractivity contribution in [2.24, 2.45) is 5.92 Å². The zero-order valence-electron chi connectivity index (χ0n) is 12.2. The highest BCUT2D eigenvalue weighted by Gasteiger charge is 2.36. The molecule has 0 aromatic heterocycles. The Morgan fingerprint density at radius 3 is 2.90 bits per heavy atom. The second kappa shape index (κ2) is 6.45. The van der Waals surface area contributed by atoms with Crippen LogP contribution in [0.2, 0.25) is 5.02 Å². The molecular weight excluding hydrogens is 289 g/mol. The molecule has 0 radical (unpaired) electrons. The van der Waals surface area contributed by atoms with Crippen LogP contribution in [0.4, 0.5) is 4.39 Å². The Hall–Kier alpha value is -0.930. The van der Waals surface area contributed by atoms with E-state index in [0.717, 1.165) is 50.6 Å². The maximum Gasteiger partial charge on any atom is 0.142 e. The number of nitrogens with zero attached hydrogens (tertiary/aromatic N) is 1. The highest BCUT2D eigenvalue weighted by Crippen LogP contribution is 2.34. The van der Waals surface area contributed by atoms with Gasteiger partial charge in [0.2, 0.25) is 0 Å². The molecule has 4 heteroatoms. The van der Waals surface area contributed by atoms with E-state index in [2.05, 4.69) is 4.90 Å². The monoisotopic (exact) mass is 309 g/mol. The van der Waals surface area contributed by atoms with Crippen LogP contribution < -0.4 is 0 Å².